The van der Waals surface area contributed by atoms with Crippen molar-refractivity contribution in [1.82, 2.24) is 5.32 Å². The molecule has 0 radical (unpaired) electrons. The summed E-state index contributed by atoms with van der Waals surface area (Å²) in [5.41, 5.74) is 0.767. The Morgan fingerprint density at radius 2 is 1.85 bits per heavy atom. The normalized spacial score (nSPS) is 19.2. The maximum Gasteiger partial charge on any atom is 0.250 e. The highest BCUT2D eigenvalue weighted by Crippen LogP contribution is 2.22. The lowest BCUT2D eigenvalue weighted by atomic mass is 9.92. The Hall–Kier alpha value is -1.05. The van der Waals surface area contributed by atoms with Crippen molar-refractivity contribution in [2.75, 3.05) is 0 Å². The molecule has 0 saturated carbocycles. The largest absolute Gasteiger partial charge is 0.329 e. The third kappa shape index (κ3) is 3.92. The lowest BCUT2D eigenvalue weighted by Crippen LogP contribution is -2.16. The number of hydrogen-bond donors (Lipinski definition) is 1. The van der Waals surface area contributed by atoms with Crippen molar-refractivity contribution in [3.05, 3.63) is 23.9 Å². The maximum absolute atomic E-state index is 11.1. The van der Waals surface area contributed by atoms with E-state index in [0.717, 1.165) is 5.57 Å². The number of carbonyl (C=O) groups excluding carboxylic acids is 1. The third-order valence-corrected chi connectivity index (χ3v) is 1.67. The monoisotopic (exact) mass is 181 g/mol. The molecule has 1 heterocycles. The van der Waals surface area contributed by atoms with Gasteiger partial charge >= 0.3 is 0 Å². The first-order valence-electron chi connectivity index (χ1n) is 4.69. The fraction of sp³-hybridized carbons (Fsp3) is 0.545. The first kappa shape index (κ1) is 11.9. The average molecular weight is 181 g/mol. The second kappa shape index (κ2) is 4.85. The molecule has 0 aromatic rings. The van der Waals surface area contributed by atoms with Crippen LogP contribution < -0.4 is 5.32 Å². The fourth-order valence-electron chi connectivity index (χ4n) is 1.12. The van der Waals surface area contributed by atoms with Crippen LogP contribution in [0.25, 0.3) is 0 Å². The van der Waals surface area contributed by atoms with E-state index in [9.17, 15) is 4.79 Å². The van der Waals surface area contributed by atoms with Gasteiger partial charge in [-0.3, -0.25) is 4.79 Å². The van der Waals surface area contributed by atoms with Crippen LogP contribution in [0.1, 0.15) is 34.6 Å². The first-order chi connectivity index (χ1) is 6.01. The Balaban J connectivity index is 0.000000671. The lowest BCUT2D eigenvalue weighted by Gasteiger charge is -2.12. The summed E-state index contributed by atoms with van der Waals surface area (Å²) in [4.78, 5) is 11.1. The molecule has 1 aliphatic rings. The average Bonchev–Trinajstić information content (AvgIpc) is 2.16. The second-order valence-electron chi connectivity index (χ2n) is 3.46. The molecule has 1 rings (SSSR count). The van der Waals surface area contributed by atoms with Crippen LogP contribution in [0.2, 0.25) is 0 Å². The predicted octanol–water partition coefficient (Wildman–Crippen LogP) is 2.63. The molecule has 13 heavy (non-hydrogen) atoms. The van der Waals surface area contributed by atoms with Crippen LogP contribution in [0.5, 0.6) is 0 Å². The minimum atomic E-state index is -0.0107. The van der Waals surface area contributed by atoms with Crippen molar-refractivity contribution in [2.24, 2.45) is 5.41 Å². The van der Waals surface area contributed by atoms with E-state index in [1.54, 1.807) is 6.20 Å². The standard InChI is InChI=1S/C9H13NO.C2H6/c1-7-6-9(2,3)4-5-10-8(7)11;1-2/h4-6H,1-3H3,(H,10,11);1-2H3. The van der Waals surface area contributed by atoms with Gasteiger partial charge in [0.05, 0.1) is 0 Å². The molecule has 2 nitrogen and oxygen atoms in total. The van der Waals surface area contributed by atoms with Crippen LogP contribution in [-0.4, -0.2) is 5.91 Å². The van der Waals surface area contributed by atoms with Gasteiger partial charge in [-0.05, 0) is 6.92 Å². The number of nitrogens with one attached hydrogen (secondary N) is 1. The van der Waals surface area contributed by atoms with Gasteiger partial charge in [-0.1, -0.05) is 39.8 Å². The molecule has 0 fully saturated rings. The Morgan fingerprint density at radius 3 is 2.38 bits per heavy atom. The molecule has 1 N–H and O–H groups in total. The molecule has 0 atom stereocenters. The molecule has 74 valence electrons. The van der Waals surface area contributed by atoms with Gasteiger partial charge in [0.15, 0.2) is 0 Å². The van der Waals surface area contributed by atoms with E-state index in [4.69, 9.17) is 0 Å². The zero-order valence-electron chi connectivity index (χ0n) is 9.14. The highest BCUT2D eigenvalue weighted by atomic mass is 16.1. The van der Waals surface area contributed by atoms with Gasteiger partial charge in [0.25, 0.3) is 5.91 Å². The van der Waals surface area contributed by atoms with Crippen molar-refractivity contribution >= 4 is 5.91 Å². The maximum atomic E-state index is 11.1. The molecule has 0 unspecified atom stereocenters. The van der Waals surface area contributed by atoms with E-state index in [1.807, 2.05) is 32.9 Å². The summed E-state index contributed by atoms with van der Waals surface area (Å²) in [5, 5.41) is 2.66. The quantitative estimate of drug-likeness (QED) is 0.611. The minimum absolute atomic E-state index is 0.00757. The summed E-state index contributed by atoms with van der Waals surface area (Å²) in [7, 11) is 0. The van der Waals surface area contributed by atoms with Gasteiger partial charge in [0.2, 0.25) is 0 Å². The SMILES string of the molecule is CC.CC1=CC(C)(C)C=CNC1=O. The van der Waals surface area contributed by atoms with Crippen LogP contribution in [0.15, 0.2) is 23.9 Å². The zero-order valence-corrected chi connectivity index (χ0v) is 9.14. The number of carbonyl (C=O) groups is 1. The summed E-state index contributed by atoms with van der Waals surface area (Å²) in [6, 6.07) is 0. The van der Waals surface area contributed by atoms with E-state index >= 15 is 0 Å². The Bertz CT molecular complexity index is 236. The second-order valence-corrected chi connectivity index (χ2v) is 3.46. The van der Waals surface area contributed by atoms with Crippen LogP contribution >= 0.6 is 0 Å². The fourth-order valence-corrected chi connectivity index (χ4v) is 1.12. The van der Waals surface area contributed by atoms with E-state index < -0.39 is 0 Å². The minimum Gasteiger partial charge on any atom is -0.329 e. The Morgan fingerprint density at radius 1 is 1.31 bits per heavy atom. The highest BCUT2D eigenvalue weighted by Gasteiger charge is 2.15. The van der Waals surface area contributed by atoms with Crippen LogP contribution in [0.3, 0.4) is 0 Å². The van der Waals surface area contributed by atoms with Crippen LogP contribution in [0.4, 0.5) is 0 Å². The molecule has 0 saturated heterocycles. The molecule has 0 aromatic heterocycles. The van der Waals surface area contributed by atoms with E-state index in [-0.39, 0.29) is 11.3 Å². The van der Waals surface area contributed by atoms with E-state index in [0.29, 0.717) is 0 Å². The highest BCUT2D eigenvalue weighted by molar-refractivity contribution is 5.93. The number of hydrogen-bond acceptors (Lipinski definition) is 1. The molecule has 0 aromatic carbocycles. The molecule has 1 amide bonds. The Labute approximate surface area is 80.7 Å². The zero-order chi connectivity index (χ0) is 10.5. The lowest BCUT2D eigenvalue weighted by molar-refractivity contribution is -0.116. The van der Waals surface area contributed by atoms with Gasteiger partial charge < -0.3 is 5.32 Å². The molecule has 1 aliphatic heterocycles. The van der Waals surface area contributed by atoms with Gasteiger partial charge in [0, 0.05) is 17.2 Å². The summed E-state index contributed by atoms with van der Waals surface area (Å²) in [6.45, 7) is 9.95. The van der Waals surface area contributed by atoms with Crippen molar-refractivity contribution < 1.29 is 4.79 Å². The molecule has 0 spiro atoms. The predicted molar refractivity (Wildman–Crippen MR) is 56.2 cm³/mol. The van der Waals surface area contributed by atoms with Gasteiger partial charge in [0.1, 0.15) is 0 Å². The number of rotatable bonds is 0. The van der Waals surface area contributed by atoms with Gasteiger partial charge in [-0.25, -0.2) is 0 Å². The summed E-state index contributed by atoms with van der Waals surface area (Å²) in [6.07, 6.45) is 5.64. The van der Waals surface area contributed by atoms with E-state index in [1.165, 1.54) is 0 Å². The molecular formula is C11H19NO. The van der Waals surface area contributed by atoms with Crippen molar-refractivity contribution in [3.8, 4) is 0 Å². The van der Waals surface area contributed by atoms with Crippen molar-refractivity contribution in [3.63, 3.8) is 0 Å². The molecular weight excluding hydrogens is 162 g/mol. The van der Waals surface area contributed by atoms with E-state index in [2.05, 4.69) is 19.2 Å². The van der Waals surface area contributed by atoms with Crippen molar-refractivity contribution in [1.29, 1.82) is 0 Å². The molecule has 2 heteroatoms. The molecule has 0 bridgehead atoms. The smallest absolute Gasteiger partial charge is 0.250 e. The summed E-state index contributed by atoms with van der Waals surface area (Å²) >= 11 is 0. The van der Waals surface area contributed by atoms with Gasteiger partial charge in [-0.15, -0.1) is 0 Å². The molecule has 0 aliphatic carbocycles. The van der Waals surface area contributed by atoms with Crippen molar-refractivity contribution in [2.45, 2.75) is 34.6 Å². The van der Waals surface area contributed by atoms with Crippen LogP contribution in [0, 0.1) is 5.41 Å². The topological polar surface area (TPSA) is 29.1 Å². The van der Waals surface area contributed by atoms with Crippen LogP contribution in [-0.2, 0) is 4.79 Å². The van der Waals surface area contributed by atoms with Gasteiger partial charge in [-0.2, -0.15) is 0 Å². The first-order valence-corrected chi connectivity index (χ1v) is 4.69. The number of allylic oxidation sites excluding steroid dienone is 2. The number of amides is 1. The third-order valence-electron chi connectivity index (χ3n) is 1.67. The Kier molecular flexibility index (Phi) is 4.46. The summed E-state index contributed by atoms with van der Waals surface area (Å²) < 4.78 is 0. The summed E-state index contributed by atoms with van der Waals surface area (Å²) in [5.74, 6) is -0.00757.